The zero-order valence-corrected chi connectivity index (χ0v) is 16.7. The lowest BCUT2D eigenvalue weighted by molar-refractivity contribution is -0.202. The SMILES string of the molecule is C=C1CC(C)(C(F)(F)F)C(=C(N)C2CCN(c3cnc(C(F)(F)F)cn3)CC2)C(N)=N1. The molecule has 0 aromatic carbocycles. The fraction of sp³-hybridized carbons (Fsp3) is 0.526. The summed E-state index contributed by atoms with van der Waals surface area (Å²) in [4.78, 5) is 12.8. The molecule has 3 rings (SSSR count). The topological polar surface area (TPSA) is 93.4 Å². The third kappa shape index (κ3) is 4.33. The number of hydrogen-bond donors (Lipinski definition) is 2. The van der Waals surface area contributed by atoms with Crippen LogP contribution in [0.15, 0.2) is 40.9 Å². The van der Waals surface area contributed by atoms with Gasteiger partial charge in [-0.2, -0.15) is 26.3 Å². The van der Waals surface area contributed by atoms with E-state index in [1.807, 2.05) is 0 Å². The highest BCUT2D eigenvalue weighted by Gasteiger charge is 2.57. The zero-order chi connectivity index (χ0) is 23.2. The van der Waals surface area contributed by atoms with Gasteiger partial charge in [-0.05, 0) is 19.8 Å². The molecule has 0 spiro atoms. The van der Waals surface area contributed by atoms with Crippen molar-refractivity contribution in [3.63, 3.8) is 0 Å². The van der Waals surface area contributed by atoms with Crippen molar-refractivity contribution in [3.8, 4) is 0 Å². The minimum atomic E-state index is -4.60. The molecule has 1 aromatic heterocycles. The number of alkyl halides is 6. The van der Waals surface area contributed by atoms with E-state index >= 15 is 0 Å². The van der Waals surface area contributed by atoms with Gasteiger partial charge in [-0.1, -0.05) is 6.58 Å². The van der Waals surface area contributed by atoms with Gasteiger partial charge in [0, 0.05) is 42.4 Å². The summed E-state index contributed by atoms with van der Waals surface area (Å²) in [7, 11) is 0. The van der Waals surface area contributed by atoms with Gasteiger partial charge >= 0.3 is 12.4 Å². The Kier molecular flexibility index (Phi) is 5.70. The van der Waals surface area contributed by atoms with E-state index in [2.05, 4.69) is 21.5 Å². The molecular weight excluding hydrogens is 426 g/mol. The molecule has 12 heteroatoms. The lowest BCUT2D eigenvalue weighted by Crippen LogP contribution is -2.47. The molecule has 1 atom stereocenters. The third-order valence-electron chi connectivity index (χ3n) is 5.75. The van der Waals surface area contributed by atoms with Crippen LogP contribution >= 0.6 is 0 Å². The number of nitrogens with two attached hydrogens (primary N) is 2. The lowest BCUT2D eigenvalue weighted by Gasteiger charge is -2.40. The second kappa shape index (κ2) is 7.72. The maximum atomic E-state index is 13.9. The van der Waals surface area contributed by atoms with E-state index in [9.17, 15) is 26.3 Å². The molecule has 0 saturated carbocycles. The van der Waals surface area contributed by atoms with Crippen molar-refractivity contribution in [2.45, 2.75) is 38.5 Å². The Morgan fingerprint density at radius 2 is 1.74 bits per heavy atom. The smallest absolute Gasteiger partial charge is 0.401 e. The Bertz CT molecular complexity index is 909. The first kappa shape index (κ1) is 22.9. The number of aromatic nitrogens is 2. The molecule has 1 saturated heterocycles. The van der Waals surface area contributed by atoms with E-state index in [-0.39, 0.29) is 28.6 Å². The van der Waals surface area contributed by atoms with E-state index < -0.39 is 35.8 Å². The van der Waals surface area contributed by atoms with Crippen LogP contribution in [0.4, 0.5) is 32.2 Å². The number of piperidine rings is 1. The Labute approximate surface area is 174 Å². The Morgan fingerprint density at radius 3 is 2.23 bits per heavy atom. The Morgan fingerprint density at radius 1 is 1.13 bits per heavy atom. The van der Waals surface area contributed by atoms with Crippen LogP contribution in [0, 0.1) is 11.3 Å². The highest BCUT2D eigenvalue weighted by atomic mass is 19.4. The fourth-order valence-electron chi connectivity index (χ4n) is 4.01. The van der Waals surface area contributed by atoms with Crippen LogP contribution in [0.1, 0.15) is 31.9 Å². The van der Waals surface area contributed by atoms with Crippen molar-refractivity contribution in [2.75, 3.05) is 18.0 Å². The molecule has 170 valence electrons. The molecule has 1 fully saturated rings. The zero-order valence-electron chi connectivity index (χ0n) is 16.7. The number of aliphatic imine (C=N–C) groups is 1. The molecule has 0 aliphatic carbocycles. The molecule has 0 amide bonds. The van der Waals surface area contributed by atoms with Gasteiger partial charge in [0.05, 0.1) is 17.8 Å². The standard InChI is InChI=1S/C19H22F6N6/c1-10-7-17(2,19(23,24)25)14(16(27)30-10)15(26)11-3-5-31(6-4-11)13-9-28-12(8-29-13)18(20,21)22/h8-9,11H,1,3-7,26H2,2H3,(H2,27,30). The van der Waals surface area contributed by atoms with Gasteiger partial charge in [0.25, 0.3) is 0 Å². The number of hydrogen-bond acceptors (Lipinski definition) is 6. The molecule has 4 N–H and O–H groups in total. The summed E-state index contributed by atoms with van der Waals surface area (Å²) >= 11 is 0. The summed E-state index contributed by atoms with van der Waals surface area (Å²) in [6, 6.07) is 0. The average Bonchev–Trinajstić information content (AvgIpc) is 2.66. The van der Waals surface area contributed by atoms with Crippen LogP contribution in [-0.4, -0.2) is 35.1 Å². The van der Waals surface area contributed by atoms with Crippen LogP contribution < -0.4 is 16.4 Å². The molecule has 0 radical (unpaired) electrons. The summed E-state index contributed by atoms with van der Waals surface area (Å²) in [5, 5.41) is 0. The van der Waals surface area contributed by atoms with Gasteiger partial charge in [0.2, 0.25) is 0 Å². The van der Waals surface area contributed by atoms with Gasteiger partial charge < -0.3 is 16.4 Å². The molecule has 0 bridgehead atoms. The first-order chi connectivity index (χ1) is 14.2. The molecule has 6 nitrogen and oxygen atoms in total. The van der Waals surface area contributed by atoms with E-state index in [0.717, 1.165) is 13.1 Å². The maximum Gasteiger partial charge on any atom is 0.434 e. The summed E-state index contributed by atoms with van der Waals surface area (Å²) < 4.78 is 79.6. The van der Waals surface area contributed by atoms with Gasteiger partial charge in [0.1, 0.15) is 11.7 Å². The average molecular weight is 448 g/mol. The van der Waals surface area contributed by atoms with Gasteiger partial charge in [-0.25, -0.2) is 15.0 Å². The van der Waals surface area contributed by atoms with Crippen molar-refractivity contribution in [1.82, 2.24) is 9.97 Å². The van der Waals surface area contributed by atoms with Gasteiger partial charge in [-0.3, -0.25) is 0 Å². The van der Waals surface area contributed by atoms with Gasteiger partial charge in [-0.15, -0.1) is 0 Å². The second-order valence-electron chi connectivity index (χ2n) is 7.92. The maximum absolute atomic E-state index is 13.9. The van der Waals surface area contributed by atoms with Crippen molar-refractivity contribution in [2.24, 2.45) is 27.8 Å². The second-order valence-corrected chi connectivity index (χ2v) is 7.92. The number of amidine groups is 1. The van der Waals surface area contributed by atoms with Crippen LogP contribution in [0.5, 0.6) is 0 Å². The van der Waals surface area contributed by atoms with E-state index in [1.165, 1.54) is 0 Å². The predicted molar refractivity (Wildman–Crippen MR) is 103 cm³/mol. The highest BCUT2D eigenvalue weighted by Crippen LogP contribution is 2.51. The lowest BCUT2D eigenvalue weighted by atomic mass is 9.72. The number of halogens is 6. The molecule has 3 heterocycles. The number of nitrogens with zero attached hydrogens (tertiary/aromatic N) is 4. The highest BCUT2D eigenvalue weighted by molar-refractivity contribution is 6.00. The molecular formula is C19H22F6N6. The number of allylic oxidation sites excluding steroid dienone is 2. The minimum Gasteiger partial charge on any atom is -0.401 e. The Balaban J connectivity index is 1.81. The van der Waals surface area contributed by atoms with Crippen molar-refractivity contribution >= 4 is 11.7 Å². The Hall–Kier alpha value is -2.79. The summed E-state index contributed by atoms with van der Waals surface area (Å²) in [6.45, 7) is 5.24. The predicted octanol–water partition coefficient (Wildman–Crippen LogP) is 3.77. The quantitative estimate of drug-likeness (QED) is 0.672. The number of rotatable bonds is 2. The first-order valence-corrected chi connectivity index (χ1v) is 9.47. The van der Waals surface area contributed by atoms with Crippen molar-refractivity contribution in [1.29, 1.82) is 0 Å². The molecule has 2 aliphatic heterocycles. The van der Waals surface area contributed by atoms with Crippen molar-refractivity contribution < 1.29 is 26.3 Å². The largest absolute Gasteiger partial charge is 0.434 e. The van der Waals surface area contributed by atoms with Crippen molar-refractivity contribution in [3.05, 3.63) is 41.6 Å². The van der Waals surface area contributed by atoms with E-state index in [0.29, 0.717) is 32.1 Å². The van der Waals surface area contributed by atoms with Crippen LogP contribution in [0.3, 0.4) is 0 Å². The first-order valence-electron chi connectivity index (χ1n) is 9.47. The third-order valence-corrected chi connectivity index (χ3v) is 5.75. The summed E-state index contributed by atoms with van der Waals surface area (Å²) in [5.41, 5.74) is 8.50. The minimum absolute atomic E-state index is 0.0320. The number of anilines is 1. The van der Waals surface area contributed by atoms with Crippen LogP contribution in [0.2, 0.25) is 0 Å². The summed E-state index contributed by atoms with van der Waals surface area (Å²) in [5.74, 6) is -0.423. The normalized spacial score (nSPS) is 25.5. The summed E-state index contributed by atoms with van der Waals surface area (Å²) in [6.07, 6.45) is -7.20. The molecule has 31 heavy (non-hydrogen) atoms. The molecule has 1 unspecified atom stereocenters. The fourth-order valence-corrected chi connectivity index (χ4v) is 4.01. The van der Waals surface area contributed by atoms with Crippen LogP contribution in [0.25, 0.3) is 0 Å². The monoisotopic (exact) mass is 448 g/mol. The molecule has 2 aliphatic rings. The van der Waals surface area contributed by atoms with Crippen LogP contribution in [-0.2, 0) is 6.18 Å². The van der Waals surface area contributed by atoms with Gasteiger partial charge in [0.15, 0.2) is 5.69 Å². The van der Waals surface area contributed by atoms with E-state index in [1.54, 1.807) is 4.90 Å². The molecule has 1 aromatic rings. The van der Waals surface area contributed by atoms with E-state index in [4.69, 9.17) is 11.5 Å².